The maximum Gasteiger partial charge on any atom is 0.265 e. The fourth-order valence-electron chi connectivity index (χ4n) is 2.44. The summed E-state index contributed by atoms with van der Waals surface area (Å²) in [7, 11) is 0. The molecule has 0 bridgehead atoms. The van der Waals surface area contributed by atoms with Crippen LogP contribution >= 0.6 is 34.7 Å². The number of benzene rings is 1. The quantitative estimate of drug-likeness (QED) is 0.881. The van der Waals surface area contributed by atoms with E-state index in [1.807, 2.05) is 48.3 Å². The molecule has 2 aromatic rings. The third-order valence-electron chi connectivity index (χ3n) is 3.63. The average molecular weight is 353 g/mol. The van der Waals surface area contributed by atoms with Gasteiger partial charge in [0.1, 0.15) is 0 Å². The van der Waals surface area contributed by atoms with Gasteiger partial charge >= 0.3 is 0 Å². The minimum absolute atomic E-state index is 0.0781. The Bertz CT molecular complexity index is 681. The largest absolute Gasteiger partial charge is 0.369 e. The molecule has 0 aliphatic carbocycles. The number of thiophene rings is 1. The van der Waals surface area contributed by atoms with E-state index >= 15 is 0 Å². The molecule has 1 aromatic carbocycles. The summed E-state index contributed by atoms with van der Waals surface area (Å²) in [4.78, 5) is 15.3. The number of hydrogen-bond acceptors (Lipinski definition) is 4. The van der Waals surface area contributed by atoms with Crippen LogP contribution in [0.4, 0.5) is 11.4 Å². The zero-order valence-corrected chi connectivity index (χ0v) is 14.7. The summed E-state index contributed by atoms with van der Waals surface area (Å²) in [6.07, 6.45) is 0. The Morgan fingerprint density at radius 2 is 2.05 bits per heavy atom. The van der Waals surface area contributed by atoms with Crippen molar-refractivity contribution in [2.75, 3.05) is 34.8 Å². The van der Waals surface area contributed by atoms with Gasteiger partial charge in [0.15, 0.2) is 0 Å². The summed E-state index contributed by atoms with van der Waals surface area (Å²) in [6, 6.07) is 7.70. The second kappa shape index (κ2) is 6.94. The molecule has 116 valence electrons. The Morgan fingerprint density at radius 3 is 2.68 bits per heavy atom. The lowest BCUT2D eigenvalue weighted by atomic mass is 10.2. The fraction of sp³-hybridized carbons (Fsp3) is 0.312. The van der Waals surface area contributed by atoms with Gasteiger partial charge < -0.3 is 10.2 Å². The van der Waals surface area contributed by atoms with Crippen LogP contribution in [0.15, 0.2) is 29.6 Å². The highest BCUT2D eigenvalue weighted by atomic mass is 35.5. The number of aryl methyl sites for hydroxylation is 1. The Balaban J connectivity index is 1.74. The van der Waals surface area contributed by atoms with Crippen LogP contribution in [0.2, 0.25) is 5.02 Å². The Morgan fingerprint density at radius 1 is 1.27 bits per heavy atom. The number of halogens is 1. The lowest BCUT2D eigenvalue weighted by Gasteiger charge is -2.29. The van der Waals surface area contributed by atoms with Crippen molar-refractivity contribution in [1.82, 2.24) is 0 Å². The van der Waals surface area contributed by atoms with Gasteiger partial charge in [-0.3, -0.25) is 4.79 Å². The van der Waals surface area contributed by atoms with Crippen molar-refractivity contribution < 1.29 is 4.79 Å². The molecule has 0 radical (unpaired) electrons. The van der Waals surface area contributed by atoms with Gasteiger partial charge in [0.2, 0.25) is 0 Å². The molecular weight excluding hydrogens is 336 g/mol. The number of nitrogens with zero attached hydrogens (tertiary/aromatic N) is 1. The van der Waals surface area contributed by atoms with Gasteiger partial charge in [-0.05, 0) is 42.1 Å². The molecule has 0 unspecified atom stereocenters. The van der Waals surface area contributed by atoms with Crippen LogP contribution in [0.25, 0.3) is 0 Å². The maximum absolute atomic E-state index is 12.2. The number of thioether (sulfide) groups is 1. The van der Waals surface area contributed by atoms with Crippen LogP contribution in [0, 0.1) is 6.92 Å². The van der Waals surface area contributed by atoms with Crippen LogP contribution in [0.3, 0.4) is 0 Å². The molecule has 3 rings (SSSR count). The first-order chi connectivity index (χ1) is 10.6. The van der Waals surface area contributed by atoms with Crippen LogP contribution in [0.1, 0.15) is 15.2 Å². The maximum atomic E-state index is 12.2. The fourth-order valence-corrected chi connectivity index (χ4v) is 4.46. The first-order valence-corrected chi connectivity index (χ1v) is 9.54. The molecule has 1 aliphatic heterocycles. The highest BCUT2D eigenvalue weighted by Gasteiger charge is 2.15. The molecule has 1 N–H and O–H groups in total. The highest BCUT2D eigenvalue weighted by Crippen LogP contribution is 2.31. The Hall–Kier alpha value is -1.17. The summed E-state index contributed by atoms with van der Waals surface area (Å²) < 4.78 is 0. The van der Waals surface area contributed by atoms with Crippen molar-refractivity contribution >= 4 is 52.0 Å². The first-order valence-electron chi connectivity index (χ1n) is 7.13. The molecule has 22 heavy (non-hydrogen) atoms. The van der Waals surface area contributed by atoms with Crippen molar-refractivity contribution in [3.8, 4) is 0 Å². The van der Waals surface area contributed by atoms with E-state index < -0.39 is 0 Å². The topological polar surface area (TPSA) is 32.3 Å². The van der Waals surface area contributed by atoms with Gasteiger partial charge in [-0.2, -0.15) is 11.8 Å². The zero-order valence-electron chi connectivity index (χ0n) is 12.3. The van der Waals surface area contributed by atoms with Gasteiger partial charge in [-0.15, -0.1) is 11.3 Å². The van der Waals surface area contributed by atoms with Gasteiger partial charge in [0.05, 0.1) is 15.6 Å². The molecule has 0 spiro atoms. The number of rotatable bonds is 3. The van der Waals surface area contributed by atoms with Gasteiger partial charge in [-0.1, -0.05) is 11.6 Å². The number of nitrogens with one attached hydrogen (secondary N) is 1. The van der Waals surface area contributed by atoms with Crippen molar-refractivity contribution in [3.05, 3.63) is 45.1 Å². The number of carbonyl (C=O) groups is 1. The van der Waals surface area contributed by atoms with Crippen LogP contribution < -0.4 is 10.2 Å². The van der Waals surface area contributed by atoms with E-state index in [1.165, 1.54) is 11.3 Å². The smallest absolute Gasteiger partial charge is 0.265 e. The van der Waals surface area contributed by atoms with E-state index in [-0.39, 0.29) is 5.91 Å². The number of amides is 1. The van der Waals surface area contributed by atoms with Gasteiger partial charge in [-0.25, -0.2) is 0 Å². The van der Waals surface area contributed by atoms with Crippen LogP contribution in [-0.2, 0) is 0 Å². The van der Waals surface area contributed by atoms with Gasteiger partial charge in [0.25, 0.3) is 5.91 Å². The second-order valence-electron chi connectivity index (χ2n) is 5.15. The normalized spacial score (nSPS) is 14.9. The molecule has 1 amide bonds. The molecule has 3 nitrogen and oxygen atoms in total. The predicted molar refractivity (Wildman–Crippen MR) is 98.0 cm³/mol. The van der Waals surface area contributed by atoms with E-state index in [0.717, 1.165) is 46.4 Å². The monoisotopic (exact) mass is 352 g/mol. The Labute approximate surface area is 143 Å². The molecule has 1 aliphatic rings. The summed E-state index contributed by atoms with van der Waals surface area (Å²) >= 11 is 9.83. The summed E-state index contributed by atoms with van der Waals surface area (Å²) in [5, 5.41) is 5.53. The number of anilines is 2. The molecule has 1 aromatic heterocycles. The molecule has 1 fully saturated rings. The number of carbonyl (C=O) groups excluding carboxylic acids is 1. The SMILES string of the molecule is Cc1ccsc1C(=O)Nc1ccc(N2CCSCC2)c(Cl)c1. The average Bonchev–Trinajstić information content (AvgIpc) is 2.94. The lowest BCUT2D eigenvalue weighted by molar-refractivity contribution is 0.103. The predicted octanol–water partition coefficient (Wildman–Crippen LogP) is 4.52. The van der Waals surface area contributed by atoms with Crippen molar-refractivity contribution in [3.63, 3.8) is 0 Å². The lowest BCUT2D eigenvalue weighted by Crippen LogP contribution is -2.32. The molecular formula is C16H17ClN2OS2. The molecule has 1 saturated heterocycles. The Kier molecular flexibility index (Phi) is 4.96. The van der Waals surface area contributed by atoms with Gasteiger partial charge in [0, 0.05) is 30.3 Å². The van der Waals surface area contributed by atoms with E-state index in [1.54, 1.807) is 0 Å². The first kappa shape index (κ1) is 15.7. The van der Waals surface area contributed by atoms with E-state index in [9.17, 15) is 4.79 Å². The minimum atomic E-state index is -0.0781. The molecule has 0 atom stereocenters. The summed E-state index contributed by atoms with van der Waals surface area (Å²) in [6.45, 7) is 3.98. The minimum Gasteiger partial charge on any atom is -0.369 e. The molecule has 6 heteroatoms. The van der Waals surface area contributed by atoms with Crippen LogP contribution in [-0.4, -0.2) is 30.5 Å². The molecule has 2 heterocycles. The second-order valence-corrected chi connectivity index (χ2v) is 7.70. The van der Waals surface area contributed by atoms with E-state index in [0.29, 0.717) is 5.02 Å². The third kappa shape index (κ3) is 3.42. The summed E-state index contributed by atoms with van der Waals surface area (Å²) in [5.41, 5.74) is 2.78. The van der Waals surface area contributed by atoms with Crippen molar-refractivity contribution in [2.24, 2.45) is 0 Å². The van der Waals surface area contributed by atoms with Crippen molar-refractivity contribution in [2.45, 2.75) is 6.92 Å². The third-order valence-corrected chi connectivity index (χ3v) is 5.89. The number of hydrogen-bond donors (Lipinski definition) is 1. The standard InChI is InChI=1S/C16H17ClN2OS2/c1-11-4-7-22-15(11)16(20)18-12-2-3-14(13(17)10-12)19-5-8-21-9-6-19/h2-4,7,10H,5-6,8-9H2,1H3,(H,18,20). The van der Waals surface area contributed by atoms with E-state index in [2.05, 4.69) is 10.2 Å². The highest BCUT2D eigenvalue weighted by molar-refractivity contribution is 7.99. The van der Waals surface area contributed by atoms with E-state index in [4.69, 9.17) is 11.6 Å². The summed E-state index contributed by atoms with van der Waals surface area (Å²) in [5.74, 6) is 2.18. The molecule has 0 saturated carbocycles. The van der Waals surface area contributed by atoms with Crippen LogP contribution in [0.5, 0.6) is 0 Å². The zero-order chi connectivity index (χ0) is 15.5. The van der Waals surface area contributed by atoms with Crippen molar-refractivity contribution in [1.29, 1.82) is 0 Å².